The number of anilines is 1. The minimum absolute atomic E-state index is 0.0322. The maximum atomic E-state index is 13.1. The number of nitro groups is 1. The van der Waals surface area contributed by atoms with E-state index in [0.29, 0.717) is 28.5 Å². The number of imide groups is 2. The average Bonchev–Trinajstić information content (AvgIpc) is 2.89. The average molecular weight is 517 g/mol. The van der Waals surface area contributed by atoms with Gasteiger partial charge in [0.15, 0.2) is 11.5 Å². The number of aryl methyl sites for hydroxylation is 1. The number of methoxy groups -OCH3 is 1. The zero-order chi connectivity index (χ0) is 27.2. The highest BCUT2D eigenvalue weighted by Gasteiger charge is 2.36. The maximum absolute atomic E-state index is 13.1. The van der Waals surface area contributed by atoms with Crippen LogP contribution in [0.15, 0.2) is 72.3 Å². The molecule has 1 fully saturated rings. The minimum atomic E-state index is -0.819. The van der Waals surface area contributed by atoms with Gasteiger partial charge in [-0.2, -0.15) is 0 Å². The van der Waals surface area contributed by atoms with E-state index in [-0.39, 0.29) is 24.5 Å². The van der Waals surface area contributed by atoms with Crippen LogP contribution < -0.4 is 24.4 Å². The van der Waals surface area contributed by atoms with Gasteiger partial charge in [0.05, 0.1) is 17.7 Å². The Hall–Kier alpha value is -5.19. The third-order valence-electron chi connectivity index (χ3n) is 5.52. The zero-order valence-electron chi connectivity index (χ0n) is 20.5. The summed E-state index contributed by atoms with van der Waals surface area (Å²) in [6.07, 6.45) is 1.37. The lowest BCUT2D eigenvalue weighted by Gasteiger charge is -2.26. The number of amides is 4. The largest absolute Gasteiger partial charge is 0.493 e. The lowest BCUT2D eigenvalue weighted by molar-refractivity contribution is -0.384. The maximum Gasteiger partial charge on any atom is 0.335 e. The van der Waals surface area contributed by atoms with Crippen molar-refractivity contribution in [1.82, 2.24) is 5.32 Å². The summed E-state index contributed by atoms with van der Waals surface area (Å²) in [7, 11) is 1.45. The molecule has 11 nitrogen and oxygen atoms in total. The molecule has 0 aromatic heterocycles. The lowest BCUT2D eigenvalue weighted by Crippen LogP contribution is -2.54. The van der Waals surface area contributed by atoms with Crippen molar-refractivity contribution in [3.63, 3.8) is 0 Å². The van der Waals surface area contributed by atoms with E-state index >= 15 is 0 Å². The number of nitrogens with zero attached hydrogens (tertiary/aromatic N) is 2. The second kappa shape index (κ2) is 11.2. The van der Waals surface area contributed by atoms with E-state index in [1.165, 1.54) is 37.5 Å². The van der Waals surface area contributed by atoms with E-state index in [0.717, 1.165) is 10.5 Å². The molecule has 0 saturated carbocycles. The van der Waals surface area contributed by atoms with Gasteiger partial charge in [0.25, 0.3) is 17.5 Å². The summed E-state index contributed by atoms with van der Waals surface area (Å²) >= 11 is 0. The van der Waals surface area contributed by atoms with E-state index in [4.69, 9.17) is 14.2 Å². The normalized spacial score (nSPS) is 14.3. The number of urea groups is 1. The Morgan fingerprint density at radius 3 is 2.37 bits per heavy atom. The SMILES string of the molecule is COc1cc(C=C2C(=O)NC(=O)N(c3cccc(C)c3)C2=O)ccc1OCCOc1ccc([N+](=O)[O-])cc1. The number of benzene rings is 3. The Balaban J connectivity index is 1.45. The van der Waals surface area contributed by atoms with Crippen LogP contribution in [-0.2, 0) is 9.59 Å². The van der Waals surface area contributed by atoms with Gasteiger partial charge in [-0.05, 0) is 60.5 Å². The number of non-ortho nitro benzene ring substituents is 1. The summed E-state index contributed by atoms with van der Waals surface area (Å²) in [4.78, 5) is 49.1. The monoisotopic (exact) mass is 517 g/mol. The second-order valence-corrected chi connectivity index (χ2v) is 8.16. The van der Waals surface area contributed by atoms with Crippen LogP contribution in [0.4, 0.5) is 16.2 Å². The molecule has 0 unspecified atom stereocenters. The zero-order valence-corrected chi connectivity index (χ0v) is 20.5. The number of rotatable bonds is 9. The number of nitro benzene ring substituents is 1. The third-order valence-corrected chi connectivity index (χ3v) is 5.52. The lowest BCUT2D eigenvalue weighted by atomic mass is 10.1. The van der Waals surface area contributed by atoms with Gasteiger partial charge >= 0.3 is 6.03 Å². The molecule has 0 atom stereocenters. The van der Waals surface area contributed by atoms with Gasteiger partial charge < -0.3 is 14.2 Å². The minimum Gasteiger partial charge on any atom is -0.493 e. The topological polar surface area (TPSA) is 137 Å². The van der Waals surface area contributed by atoms with Crippen LogP contribution in [0.5, 0.6) is 17.2 Å². The molecule has 1 heterocycles. The van der Waals surface area contributed by atoms with E-state index in [1.807, 2.05) is 13.0 Å². The number of ether oxygens (including phenoxy) is 3. The molecule has 1 aliphatic rings. The first-order chi connectivity index (χ1) is 18.3. The van der Waals surface area contributed by atoms with E-state index in [1.54, 1.807) is 36.4 Å². The highest BCUT2D eigenvalue weighted by molar-refractivity contribution is 6.39. The molecule has 1 saturated heterocycles. The number of hydrogen-bond acceptors (Lipinski definition) is 8. The van der Waals surface area contributed by atoms with Crippen LogP contribution in [0.25, 0.3) is 6.08 Å². The summed E-state index contributed by atoms with van der Waals surface area (Å²) in [5.74, 6) is -0.330. The standard InChI is InChI=1S/C27H23N3O8/c1-17-4-3-5-20(14-17)29-26(32)22(25(31)28-27(29)33)15-18-6-11-23(24(16-18)36-2)38-13-12-37-21-9-7-19(8-10-21)30(34)35/h3-11,14-16H,12-13H2,1-2H3,(H,28,31,33). The summed E-state index contributed by atoms with van der Waals surface area (Å²) in [5.41, 5.74) is 1.44. The molecule has 4 rings (SSSR count). The quantitative estimate of drug-likeness (QED) is 0.148. The summed E-state index contributed by atoms with van der Waals surface area (Å²) in [5, 5.41) is 12.9. The Morgan fingerprint density at radius 1 is 0.947 bits per heavy atom. The molecule has 1 N–H and O–H groups in total. The second-order valence-electron chi connectivity index (χ2n) is 8.16. The van der Waals surface area contributed by atoms with Crippen LogP contribution in [0.3, 0.4) is 0 Å². The van der Waals surface area contributed by atoms with Gasteiger partial charge in [0.1, 0.15) is 24.5 Å². The molecule has 0 radical (unpaired) electrons. The van der Waals surface area contributed by atoms with Gasteiger partial charge in [-0.1, -0.05) is 18.2 Å². The summed E-state index contributed by atoms with van der Waals surface area (Å²) in [6, 6.07) is 16.5. The molecule has 4 amide bonds. The van der Waals surface area contributed by atoms with E-state index in [2.05, 4.69) is 5.32 Å². The molecule has 0 bridgehead atoms. The molecular formula is C27H23N3O8. The van der Waals surface area contributed by atoms with Crippen molar-refractivity contribution >= 4 is 35.3 Å². The van der Waals surface area contributed by atoms with Gasteiger partial charge in [-0.15, -0.1) is 0 Å². The van der Waals surface area contributed by atoms with Gasteiger partial charge in [-0.25, -0.2) is 9.69 Å². The Bertz CT molecular complexity index is 1430. The molecule has 11 heteroatoms. The molecule has 0 aliphatic carbocycles. The summed E-state index contributed by atoms with van der Waals surface area (Å²) < 4.78 is 16.6. The predicted octanol–water partition coefficient (Wildman–Crippen LogP) is 4.04. The van der Waals surface area contributed by atoms with Crippen molar-refractivity contribution in [2.24, 2.45) is 0 Å². The van der Waals surface area contributed by atoms with Crippen molar-refractivity contribution < 1.29 is 33.5 Å². The van der Waals surface area contributed by atoms with E-state index in [9.17, 15) is 24.5 Å². The third kappa shape index (κ3) is 5.78. The van der Waals surface area contributed by atoms with Gasteiger partial charge in [0.2, 0.25) is 0 Å². The van der Waals surface area contributed by atoms with Crippen molar-refractivity contribution in [3.05, 3.63) is 93.5 Å². The predicted molar refractivity (Wildman–Crippen MR) is 137 cm³/mol. The smallest absolute Gasteiger partial charge is 0.335 e. The van der Waals surface area contributed by atoms with Crippen LogP contribution in [-0.4, -0.2) is 43.1 Å². The van der Waals surface area contributed by atoms with Crippen LogP contribution in [0, 0.1) is 17.0 Å². The van der Waals surface area contributed by atoms with Crippen LogP contribution in [0.1, 0.15) is 11.1 Å². The highest BCUT2D eigenvalue weighted by Crippen LogP contribution is 2.30. The molecule has 3 aromatic rings. The molecule has 0 spiro atoms. The molecule has 1 aliphatic heterocycles. The van der Waals surface area contributed by atoms with Crippen molar-refractivity contribution in [2.45, 2.75) is 6.92 Å². The Morgan fingerprint density at radius 2 is 1.68 bits per heavy atom. The number of hydrogen-bond donors (Lipinski definition) is 1. The van der Waals surface area contributed by atoms with Crippen LogP contribution in [0.2, 0.25) is 0 Å². The van der Waals surface area contributed by atoms with Gasteiger partial charge in [-0.3, -0.25) is 25.0 Å². The van der Waals surface area contributed by atoms with Crippen molar-refractivity contribution in [2.75, 3.05) is 25.2 Å². The van der Waals surface area contributed by atoms with Gasteiger partial charge in [0, 0.05) is 12.1 Å². The van der Waals surface area contributed by atoms with Crippen molar-refractivity contribution in [1.29, 1.82) is 0 Å². The summed E-state index contributed by atoms with van der Waals surface area (Å²) in [6.45, 7) is 2.15. The number of barbiturate groups is 1. The fourth-order valence-corrected chi connectivity index (χ4v) is 3.69. The van der Waals surface area contributed by atoms with E-state index < -0.39 is 22.8 Å². The first kappa shape index (κ1) is 25.9. The Kier molecular flexibility index (Phi) is 7.66. The highest BCUT2D eigenvalue weighted by atomic mass is 16.6. The molecule has 3 aromatic carbocycles. The first-order valence-electron chi connectivity index (χ1n) is 11.4. The first-order valence-corrected chi connectivity index (χ1v) is 11.4. The number of carbonyl (C=O) groups excluding carboxylic acids is 3. The number of carbonyl (C=O) groups is 3. The molecule has 194 valence electrons. The molecular weight excluding hydrogens is 494 g/mol. The fraction of sp³-hybridized carbons (Fsp3) is 0.148. The Labute approximate surface area is 217 Å². The molecule has 38 heavy (non-hydrogen) atoms. The van der Waals surface area contributed by atoms with Crippen molar-refractivity contribution in [3.8, 4) is 17.2 Å². The number of nitrogens with one attached hydrogen (secondary N) is 1. The fourth-order valence-electron chi connectivity index (χ4n) is 3.69. The van der Waals surface area contributed by atoms with Crippen LogP contribution >= 0.6 is 0 Å².